The van der Waals surface area contributed by atoms with E-state index in [4.69, 9.17) is 23.2 Å². The Balaban J connectivity index is 1.72. The minimum atomic E-state index is -0.602. The summed E-state index contributed by atoms with van der Waals surface area (Å²) >= 11 is 12.7. The smallest absolute Gasteiger partial charge is 0.294 e. The maximum absolute atomic E-state index is 12.9. The van der Waals surface area contributed by atoms with E-state index in [1.165, 1.54) is 30.3 Å². The van der Waals surface area contributed by atoms with Crippen LogP contribution in [0.15, 0.2) is 47.4 Å². The SMILES string of the molecule is O=C(CN1C(=O)S/C(=C/c2cccc(Cl)c2Cl)C1=O)Nc1ccc(F)cc1. The van der Waals surface area contributed by atoms with E-state index in [-0.39, 0.29) is 9.93 Å². The van der Waals surface area contributed by atoms with Crippen molar-refractivity contribution in [1.29, 1.82) is 0 Å². The largest absolute Gasteiger partial charge is 0.325 e. The topological polar surface area (TPSA) is 66.5 Å². The third kappa shape index (κ3) is 4.50. The predicted octanol–water partition coefficient (Wildman–Crippen LogP) is 4.81. The van der Waals surface area contributed by atoms with Gasteiger partial charge in [-0.3, -0.25) is 19.3 Å². The molecule has 1 fully saturated rings. The van der Waals surface area contributed by atoms with E-state index in [1.807, 2.05) is 0 Å². The lowest BCUT2D eigenvalue weighted by molar-refractivity contribution is -0.127. The fraction of sp³-hybridized carbons (Fsp3) is 0.0556. The molecule has 138 valence electrons. The number of hydrogen-bond acceptors (Lipinski definition) is 4. The fourth-order valence-corrected chi connectivity index (χ4v) is 3.48. The number of carbonyl (C=O) groups excluding carboxylic acids is 3. The molecule has 1 aliphatic heterocycles. The van der Waals surface area contributed by atoms with Gasteiger partial charge in [-0.05, 0) is 53.7 Å². The van der Waals surface area contributed by atoms with Crippen LogP contribution in [0.1, 0.15) is 5.56 Å². The van der Waals surface area contributed by atoms with Crippen molar-refractivity contribution in [2.24, 2.45) is 0 Å². The number of rotatable bonds is 4. The number of thioether (sulfide) groups is 1. The molecule has 0 spiro atoms. The lowest BCUT2D eigenvalue weighted by atomic mass is 10.2. The molecule has 5 nitrogen and oxygen atoms in total. The van der Waals surface area contributed by atoms with Crippen LogP contribution in [0.3, 0.4) is 0 Å². The lowest BCUT2D eigenvalue weighted by Gasteiger charge is -2.12. The Hall–Kier alpha value is -2.35. The fourth-order valence-electron chi connectivity index (χ4n) is 2.29. The van der Waals surface area contributed by atoms with Crippen LogP contribution in [0.25, 0.3) is 6.08 Å². The summed E-state index contributed by atoms with van der Waals surface area (Å²) < 4.78 is 12.9. The number of benzene rings is 2. The highest BCUT2D eigenvalue weighted by Gasteiger charge is 2.36. The highest BCUT2D eigenvalue weighted by Crippen LogP contribution is 2.34. The van der Waals surface area contributed by atoms with Gasteiger partial charge in [-0.2, -0.15) is 0 Å². The molecular formula is C18H11Cl2FN2O3S. The van der Waals surface area contributed by atoms with Crippen LogP contribution in [0, 0.1) is 5.82 Å². The minimum Gasteiger partial charge on any atom is -0.325 e. The first-order chi connectivity index (χ1) is 12.8. The van der Waals surface area contributed by atoms with Gasteiger partial charge < -0.3 is 5.32 Å². The van der Waals surface area contributed by atoms with Gasteiger partial charge in [0.1, 0.15) is 12.4 Å². The van der Waals surface area contributed by atoms with Crippen molar-refractivity contribution in [2.45, 2.75) is 0 Å². The van der Waals surface area contributed by atoms with Crippen LogP contribution in [-0.4, -0.2) is 28.5 Å². The zero-order chi connectivity index (χ0) is 19.6. The van der Waals surface area contributed by atoms with Gasteiger partial charge in [0.15, 0.2) is 0 Å². The summed E-state index contributed by atoms with van der Waals surface area (Å²) in [6, 6.07) is 10.1. The van der Waals surface area contributed by atoms with Crippen molar-refractivity contribution in [1.82, 2.24) is 4.90 Å². The second-order valence-electron chi connectivity index (χ2n) is 5.47. The summed E-state index contributed by atoms with van der Waals surface area (Å²) in [5, 5.41) is 2.51. The maximum atomic E-state index is 12.9. The highest BCUT2D eigenvalue weighted by molar-refractivity contribution is 8.18. The molecular weight excluding hydrogens is 414 g/mol. The number of imide groups is 1. The molecule has 0 unspecified atom stereocenters. The monoisotopic (exact) mass is 424 g/mol. The molecule has 1 aliphatic rings. The van der Waals surface area contributed by atoms with E-state index in [0.29, 0.717) is 28.0 Å². The molecule has 1 saturated heterocycles. The van der Waals surface area contributed by atoms with Gasteiger partial charge in [-0.25, -0.2) is 4.39 Å². The first-order valence-electron chi connectivity index (χ1n) is 7.60. The molecule has 3 amide bonds. The summed E-state index contributed by atoms with van der Waals surface area (Å²) in [7, 11) is 0. The Morgan fingerprint density at radius 1 is 1.15 bits per heavy atom. The molecule has 9 heteroatoms. The summed E-state index contributed by atoms with van der Waals surface area (Å²) in [6.07, 6.45) is 1.46. The van der Waals surface area contributed by atoms with Crippen LogP contribution >= 0.6 is 35.0 Å². The number of carbonyl (C=O) groups is 3. The molecule has 1 N–H and O–H groups in total. The summed E-state index contributed by atoms with van der Waals surface area (Å²) in [5.74, 6) is -1.62. The van der Waals surface area contributed by atoms with Gasteiger partial charge >= 0.3 is 0 Å². The van der Waals surface area contributed by atoms with Gasteiger partial charge in [0.2, 0.25) is 5.91 Å². The second-order valence-corrected chi connectivity index (χ2v) is 7.24. The predicted molar refractivity (Wildman–Crippen MR) is 104 cm³/mol. The van der Waals surface area contributed by atoms with Gasteiger partial charge in [-0.1, -0.05) is 35.3 Å². The van der Waals surface area contributed by atoms with E-state index in [2.05, 4.69) is 5.32 Å². The van der Waals surface area contributed by atoms with E-state index in [1.54, 1.807) is 18.2 Å². The molecule has 1 heterocycles. The van der Waals surface area contributed by atoms with Crippen LogP contribution < -0.4 is 5.32 Å². The summed E-state index contributed by atoms with van der Waals surface area (Å²) in [5.41, 5.74) is 0.847. The first kappa shape index (κ1) is 19.4. The molecule has 27 heavy (non-hydrogen) atoms. The number of nitrogens with zero attached hydrogens (tertiary/aromatic N) is 1. The lowest BCUT2D eigenvalue weighted by Crippen LogP contribution is -2.36. The van der Waals surface area contributed by atoms with Crippen molar-refractivity contribution >= 4 is 63.8 Å². The van der Waals surface area contributed by atoms with Crippen LogP contribution in [0.2, 0.25) is 10.0 Å². The average Bonchev–Trinajstić information content (AvgIpc) is 2.88. The number of anilines is 1. The zero-order valence-corrected chi connectivity index (χ0v) is 15.9. The van der Waals surface area contributed by atoms with E-state index < -0.39 is 29.4 Å². The normalized spacial score (nSPS) is 15.5. The third-order valence-electron chi connectivity index (χ3n) is 3.57. The first-order valence-corrected chi connectivity index (χ1v) is 9.17. The Morgan fingerprint density at radius 2 is 1.85 bits per heavy atom. The van der Waals surface area contributed by atoms with E-state index >= 15 is 0 Å². The van der Waals surface area contributed by atoms with Crippen LogP contribution in [-0.2, 0) is 9.59 Å². The highest BCUT2D eigenvalue weighted by atomic mass is 35.5. The van der Waals surface area contributed by atoms with Crippen molar-refractivity contribution in [2.75, 3.05) is 11.9 Å². The molecule has 2 aromatic rings. The quantitative estimate of drug-likeness (QED) is 0.715. The Morgan fingerprint density at radius 3 is 2.56 bits per heavy atom. The second kappa shape index (κ2) is 8.12. The molecule has 0 bridgehead atoms. The maximum Gasteiger partial charge on any atom is 0.294 e. The Labute approximate surface area is 168 Å². The molecule has 0 atom stereocenters. The Kier molecular flexibility index (Phi) is 5.84. The van der Waals surface area contributed by atoms with Gasteiger partial charge in [0.05, 0.1) is 15.0 Å². The number of hydrogen-bond donors (Lipinski definition) is 1. The van der Waals surface area contributed by atoms with E-state index in [0.717, 1.165) is 4.90 Å². The van der Waals surface area contributed by atoms with Gasteiger partial charge in [-0.15, -0.1) is 0 Å². The standard InChI is InChI=1S/C18H11Cl2FN2O3S/c19-13-3-1-2-10(16(13)20)8-14-17(25)23(18(26)27-14)9-15(24)22-12-6-4-11(21)5-7-12/h1-8H,9H2,(H,22,24)/b14-8+. The number of halogens is 3. The molecule has 3 rings (SSSR count). The van der Waals surface area contributed by atoms with Crippen molar-refractivity contribution in [3.8, 4) is 0 Å². The van der Waals surface area contributed by atoms with Gasteiger partial charge in [0, 0.05) is 5.69 Å². The van der Waals surface area contributed by atoms with E-state index in [9.17, 15) is 18.8 Å². The molecule has 0 aromatic heterocycles. The number of nitrogens with one attached hydrogen (secondary N) is 1. The summed E-state index contributed by atoms with van der Waals surface area (Å²) in [6.45, 7) is -0.456. The molecule has 0 radical (unpaired) electrons. The van der Waals surface area contributed by atoms with Crippen molar-refractivity contribution < 1.29 is 18.8 Å². The molecule has 0 aliphatic carbocycles. The van der Waals surface area contributed by atoms with Crippen molar-refractivity contribution in [3.05, 3.63) is 68.8 Å². The van der Waals surface area contributed by atoms with Gasteiger partial charge in [0.25, 0.3) is 11.1 Å². The molecule has 0 saturated carbocycles. The molecule has 2 aromatic carbocycles. The summed E-state index contributed by atoms with van der Waals surface area (Å²) in [4.78, 5) is 37.6. The minimum absolute atomic E-state index is 0.138. The van der Waals surface area contributed by atoms with Crippen LogP contribution in [0.4, 0.5) is 14.9 Å². The van der Waals surface area contributed by atoms with Crippen molar-refractivity contribution in [3.63, 3.8) is 0 Å². The zero-order valence-electron chi connectivity index (χ0n) is 13.5. The third-order valence-corrected chi connectivity index (χ3v) is 5.31. The average molecular weight is 425 g/mol. The Bertz CT molecular complexity index is 964. The number of amides is 3. The van der Waals surface area contributed by atoms with Crippen LogP contribution in [0.5, 0.6) is 0 Å².